The van der Waals surface area contributed by atoms with Gasteiger partial charge in [0, 0.05) is 19.0 Å². The number of nitrogens with zero attached hydrogens (tertiary/aromatic N) is 1. The van der Waals surface area contributed by atoms with E-state index in [-0.39, 0.29) is 43.0 Å². The predicted molar refractivity (Wildman–Crippen MR) is 109 cm³/mol. The van der Waals surface area contributed by atoms with Crippen molar-refractivity contribution in [3.8, 4) is 0 Å². The molecular formula is C21H21F3N2O5S. The number of nitrogens with one attached hydrogen (secondary N) is 1. The molecule has 172 valence electrons. The van der Waals surface area contributed by atoms with Gasteiger partial charge in [-0.05, 0) is 56.2 Å². The molecule has 32 heavy (non-hydrogen) atoms. The zero-order valence-corrected chi connectivity index (χ0v) is 17.9. The van der Waals surface area contributed by atoms with Crippen LogP contribution in [-0.2, 0) is 19.6 Å². The first-order chi connectivity index (χ1) is 15.1. The van der Waals surface area contributed by atoms with Gasteiger partial charge in [0.1, 0.15) is 0 Å². The average molecular weight is 470 g/mol. The van der Waals surface area contributed by atoms with Crippen molar-refractivity contribution < 1.29 is 35.9 Å². The monoisotopic (exact) mass is 470 g/mol. The Hall–Kier alpha value is -2.92. The van der Waals surface area contributed by atoms with Crippen LogP contribution in [0.3, 0.4) is 0 Å². The van der Waals surface area contributed by atoms with Crippen LogP contribution in [0.15, 0.2) is 41.3 Å². The molecule has 1 aliphatic rings. The fourth-order valence-corrected chi connectivity index (χ4v) is 4.81. The van der Waals surface area contributed by atoms with Gasteiger partial charge >= 0.3 is 5.97 Å². The highest BCUT2D eigenvalue weighted by Gasteiger charge is 2.32. The molecule has 0 atom stereocenters. The normalized spacial score (nSPS) is 15.4. The summed E-state index contributed by atoms with van der Waals surface area (Å²) in [6, 6.07) is 6.98. The maximum atomic E-state index is 13.8. The molecule has 1 fully saturated rings. The van der Waals surface area contributed by atoms with Gasteiger partial charge in [-0.2, -0.15) is 4.31 Å². The minimum atomic E-state index is -3.84. The lowest BCUT2D eigenvalue weighted by molar-refractivity contribution is -0.120. The number of carbonyl (C=O) groups excluding carboxylic acids is 2. The van der Waals surface area contributed by atoms with Crippen LogP contribution >= 0.6 is 0 Å². The Morgan fingerprint density at radius 2 is 1.66 bits per heavy atom. The average Bonchev–Trinajstić information content (AvgIpc) is 2.79. The maximum absolute atomic E-state index is 13.8. The molecule has 0 bridgehead atoms. The molecule has 1 N–H and O–H groups in total. The molecule has 11 heteroatoms. The molecule has 0 aliphatic carbocycles. The number of amides is 1. The van der Waals surface area contributed by atoms with Gasteiger partial charge in [-0.15, -0.1) is 0 Å². The number of hydrogen-bond acceptors (Lipinski definition) is 5. The van der Waals surface area contributed by atoms with Gasteiger partial charge in [-0.25, -0.2) is 26.4 Å². The van der Waals surface area contributed by atoms with Crippen LogP contribution in [0.5, 0.6) is 0 Å². The first kappa shape index (κ1) is 23.7. The molecule has 0 aromatic heterocycles. The number of anilines is 1. The molecule has 7 nitrogen and oxygen atoms in total. The number of carbonyl (C=O) groups is 2. The largest absolute Gasteiger partial charge is 0.462 e. The standard InChI is InChI=1S/C21H21F3N2O5S/c1-2-31-21(28)14-3-5-15(6-4-14)32(29,30)26-11-9-13(10-12-26)20(27)25-17-8-7-16(22)18(23)19(17)24/h3-8,13H,2,9-12H2,1H3,(H,25,27). The number of esters is 1. The fraction of sp³-hybridized carbons (Fsp3) is 0.333. The highest BCUT2D eigenvalue weighted by molar-refractivity contribution is 7.89. The third-order valence-electron chi connectivity index (χ3n) is 5.12. The topological polar surface area (TPSA) is 92.8 Å². The minimum Gasteiger partial charge on any atom is -0.462 e. The van der Waals surface area contributed by atoms with Crippen molar-refractivity contribution in [1.82, 2.24) is 4.31 Å². The van der Waals surface area contributed by atoms with Crippen LogP contribution in [0.25, 0.3) is 0 Å². The van der Waals surface area contributed by atoms with E-state index in [9.17, 15) is 31.2 Å². The first-order valence-corrected chi connectivity index (χ1v) is 11.3. The zero-order valence-electron chi connectivity index (χ0n) is 17.1. The van der Waals surface area contributed by atoms with E-state index in [0.29, 0.717) is 6.07 Å². The van der Waals surface area contributed by atoms with E-state index in [1.165, 1.54) is 28.6 Å². The van der Waals surface area contributed by atoms with E-state index in [1.807, 2.05) is 0 Å². The Morgan fingerprint density at radius 1 is 1.03 bits per heavy atom. The van der Waals surface area contributed by atoms with E-state index in [2.05, 4.69) is 5.32 Å². The molecule has 3 rings (SSSR count). The van der Waals surface area contributed by atoms with Crippen LogP contribution < -0.4 is 5.32 Å². The lowest BCUT2D eigenvalue weighted by Gasteiger charge is -2.30. The molecule has 0 radical (unpaired) electrons. The number of piperidine rings is 1. The zero-order chi connectivity index (χ0) is 23.5. The summed E-state index contributed by atoms with van der Waals surface area (Å²) in [4.78, 5) is 24.1. The number of hydrogen-bond donors (Lipinski definition) is 1. The van der Waals surface area contributed by atoms with Crippen molar-refractivity contribution in [3.63, 3.8) is 0 Å². The molecule has 1 heterocycles. The number of ether oxygens (including phenoxy) is 1. The van der Waals surface area contributed by atoms with Crippen LogP contribution in [0, 0.1) is 23.4 Å². The molecule has 1 amide bonds. The molecule has 2 aromatic carbocycles. The van der Waals surface area contributed by atoms with Gasteiger partial charge in [-0.1, -0.05) is 0 Å². The lowest BCUT2D eigenvalue weighted by atomic mass is 9.97. The Balaban J connectivity index is 1.62. The van der Waals surface area contributed by atoms with Crippen molar-refractivity contribution in [3.05, 3.63) is 59.4 Å². The Labute approximate surface area is 183 Å². The second-order valence-corrected chi connectivity index (χ2v) is 9.07. The summed E-state index contributed by atoms with van der Waals surface area (Å²) < 4.78 is 71.9. The van der Waals surface area contributed by atoms with Crippen LogP contribution in [0.4, 0.5) is 18.9 Å². The van der Waals surface area contributed by atoms with E-state index in [1.54, 1.807) is 6.92 Å². The number of benzene rings is 2. The van der Waals surface area contributed by atoms with Gasteiger partial charge in [0.2, 0.25) is 15.9 Å². The highest BCUT2D eigenvalue weighted by atomic mass is 32.2. The third kappa shape index (κ3) is 4.94. The molecule has 1 saturated heterocycles. The van der Waals surface area contributed by atoms with Crippen molar-refractivity contribution in [2.24, 2.45) is 5.92 Å². The quantitative estimate of drug-likeness (QED) is 0.517. The molecule has 0 saturated carbocycles. The molecule has 2 aromatic rings. The number of sulfonamides is 1. The van der Waals surface area contributed by atoms with Crippen LogP contribution in [0.2, 0.25) is 0 Å². The van der Waals surface area contributed by atoms with E-state index in [0.717, 1.165) is 6.07 Å². The van der Waals surface area contributed by atoms with Gasteiger partial charge in [0.05, 0.1) is 22.8 Å². The van der Waals surface area contributed by atoms with Crippen molar-refractivity contribution in [1.29, 1.82) is 0 Å². The summed E-state index contributed by atoms with van der Waals surface area (Å²) in [6.07, 6.45) is 0.328. The summed E-state index contributed by atoms with van der Waals surface area (Å²) >= 11 is 0. The van der Waals surface area contributed by atoms with Crippen LogP contribution in [-0.4, -0.2) is 44.3 Å². The van der Waals surface area contributed by atoms with Crippen LogP contribution in [0.1, 0.15) is 30.1 Å². The number of halogens is 3. The number of rotatable bonds is 6. The van der Waals surface area contributed by atoms with Crippen molar-refractivity contribution in [2.75, 3.05) is 25.0 Å². The lowest BCUT2D eigenvalue weighted by Crippen LogP contribution is -2.41. The van der Waals surface area contributed by atoms with Crippen molar-refractivity contribution in [2.45, 2.75) is 24.7 Å². The van der Waals surface area contributed by atoms with E-state index < -0.39 is 51.0 Å². The Kier molecular flexibility index (Phi) is 7.19. The molecule has 1 aliphatic heterocycles. The summed E-state index contributed by atoms with van der Waals surface area (Å²) in [5, 5.41) is 2.23. The Morgan fingerprint density at radius 3 is 2.25 bits per heavy atom. The Bertz CT molecular complexity index is 1120. The predicted octanol–water partition coefficient (Wildman–Crippen LogP) is 3.32. The fourth-order valence-electron chi connectivity index (χ4n) is 3.34. The third-order valence-corrected chi connectivity index (χ3v) is 7.03. The SMILES string of the molecule is CCOC(=O)c1ccc(S(=O)(=O)N2CCC(C(=O)Nc3ccc(F)c(F)c3F)CC2)cc1. The summed E-state index contributed by atoms with van der Waals surface area (Å²) in [6.45, 7) is 1.94. The van der Waals surface area contributed by atoms with E-state index >= 15 is 0 Å². The van der Waals surface area contributed by atoms with Gasteiger partial charge < -0.3 is 10.1 Å². The van der Waals surface area contributed by atoms with Gasteiger partial charge in [0.25, 0.3) is 0 Å². The van der Waals surface area contributed by atoms with E-state index in [4.69, 9.17) is 4.74 Å². The minimum absolute atomic E-state index is 0.00249. The maximum Gasteiger partial charge on any atom is 0.338 e. The van der Waals surface area contributed by atoms with Gasteiger partial charge in [0.15, 0.2) is 17.5 Å². The summed E-state index contributed by atoms with van der Waals surface area (Å²) in [7, 11) is -3.84. The second kappa shape index (κ2) is 9.70. The summed E-state index contributed by atoms with van der Waals surface area (Å²) in [5.74, 6) is -6.33. The molecule has 0 unspecified atom stereocenters. The summed E-state index contributed by atoms with van der Waals surface area (Å²) in [5.41, 5.74) is -0.253. The smallest absolute Gasteiger partial charge is 0.338 e. The highest BCUT2D eigenvalue weighted by Crippen LogP contribution is 2.26. The van der Waals surface area contributed by atoms with Gasteiger partial charge in [-0.3, -0.25) is 4.79 Å². The molecular weight excluding hydrogens is 449 g/mol. The second-order valence-electron chi connectivity index (χ2n) is 7.14. The van der Waals surface area contributed by atoms with Crippen molar-refractivity contribution >= 4 is 27.6 Å². The first-order valence-electron chi connectivity index (χ1n) is 9.86. The molecule has 0 spiro atoms.